The van der Waals surface area contributed by atoms with E-state index in [1.54, 1.807) is 11.3 Å². The Morgan fingerprint density at radius 2 is 2.04 bits per heavy atom. The van der Waals surface area contributed by atoms with E-state index in [2.05, 4.69) is 46.8 Å². The summed E-state index contributed by atoms with van der Waals surface area (Å²) in [6.07, 6.45) is 2.93. The van der Waals surface area contributed by atoms with E-state index >= 15 is 0 Å². The summed E-state index contributed by atoms with van der Waals surface area (Å²) in [5.74, 6) is 0.626. The van der Waals surface area contributed by atoms with Gasteiger partial charge in [-0.05, 0) is 30.0 Å². The number of benzene rings is 1. The molecule has 0 radical (unpaired) electrons. The Balaban J connectivity index is 1.67. The monoisotopic (exact) mass is 340 g/mol. The molecule has 0 saturated carbocycles. The van der Waals surface area contributed by atoms with Crippen LogP contribution >= 0.6 is 11.3 Å². The Morgan fingerprint density at radius 1 is 1.25 bits per heavy atom. The molecule has 0 unspecified atom stereocenters. The van der Waals surface area contributed by atoms with E-state index in [4.69, 9.17) is 0 Å². The lowest BCUT2D eigenvalue weighted by Crippen LogP contribution is -2.46. The minimum atomic E-state index is 0.626. The normalized spacial score (nSPS) is 15.7. The SMILES string of the molecule is CC(C)Cc1ccc(C#N)c(N2CCN(Cc3nccs3)CC2)c1. The Kier molecular flexibility index (Phi) is 5.49. The van der Waals surface area contributed by atoms with Gasteiger partial charge in [0.05, 0.1) is 17.8 Å². The summed E-state index contributed by atoms with van der Waals surface area (Å²) in [6, 6.07) is 8.65. The van der Waals surface area contributed by atoms with Gasteiger partial charge in [0.15, 0.2) is 0 Å². The zero-order valence-corrected chi connectivity index (χ0v) is 15.2. The highest BCUT2D eigenvalue weighted by molar-refractivity contribution is 7.09. The van der Waals surface area contributed by atoms with Gasteiger partial charge in [0.25, 0.3) is 0 Å². The van der Waals surface area contributed by atoms with Gasteiger partial charge in [-0.25, -0.2) is 4.98 Å². The summed E-state index contributed by atoms with van der Waals surface area (Å²) in [4.78, 5) is 9.18. The zero-order valence-electron chi connectivity index (χ0n) is 14.4. The Labute approximate surface area is 148 Å². The molecule has 1 fully saturated rings. The summed E-state index contributed by atoms with van der Waals surface area (Å²) < 4.78 is 0. The van der Waals surface area contributed by atoms with Crippen LogP contribution in [0.1, 0.15) is 30.0 Å². The number of thiazole rings is 1. The number of hydrogen-bond acceptors (Lipinski definition) is 5. The highest BCUT2D eigenvalue weighted by atomic mass is 32.1. The van der Waals surface area contributed by atoms with Gasteiger partial charge >= 0.3 is 0 Å². The van der Waals surface area contributed by atoms with Gasteiger partial charge < -0.3 is 4.90 Å². The molecule has 0 bridgehead atoms. The van der Waals surface area contributed by atoms with Crippen LogP contribution in [0.4, 0.5) is 5.69 Å². The number of hydrogen-bond donors (Lipinski definition) is 0. The fraction of sp³-hybridized carbons (Fsp3) is 0.474. The van der Waals surface area contributed by atoms with Crippen LogP contribution in [-0.4, -0.2) is 36.1 Å². The van der Waals surface area contributed by atoms with Gasteiger partial charge in [-0.3, -0.25) is 4.90 Å². The van der Waals surface area contributed by atoms with Crippen LogP contribution in [-0.2, 0) is 13.0 Å². The minimum absolute atomic E-state index is 0.626. The first-order valence-corrected chi connectivity index (χ1v) is 9.42. The molecule has 0 spiro atoms. The van der Waals surface area contributed by atoms with E-state index in [9.17, 15) is 5.26 Å². The highest BCUT2D eigenvalue weighted by Gasteiger charge is 2.20. The molecule has 3 rings (SSSR count). The van der Waals surface area contributed by atoms with Crippen LogP contribution in [0.2, 0.25) is 0 Å². The van der Waals surface area contributed by atoms with Crippen molar-refractivity contribution >= 4 is 17.0 Å². The van der Waals surface area contributed by atoms with Crippen molar-refractivity contribution in [2.75, 3.05) is 31.1 Å². The van der Waals surface area contributed by atoms with Gasteiger partial charge in [0, 0.05) is 37.8 Å². The molecule has 1 saturated heterocycles. The number of piperazine rings is 1. The molecular weight excluding hydrogens is 316 g/mol. The van der Waals surface area contributed by atoms with Crippen molar-refractivity contribution < 1.29 is 0 Å². The summed E-state index contributed by atoms with van der Waals surface area (Å²) in [5, 5.41) is 12.7. The van der Waals surface area contributed by atoms with E-state index in [1.165, 1.54) is 10.6 Å². The molecule has 2 aromatic rings. The van der Waals surface area contributed by atoms with E-state index < -0.39 is 0 Å². The maximum atomic E-state index is 9.45. The minimum Gasteiger partial charge on any atom is -0.368 e. The van der Waals surface area contributed by atoms with Crippen molar-refractivity contribution in [2.24, 2.45) is 5.92 Å². The number of aromatic nitrogens is 1. The van der Waals surface area contributed by atoms with Crippen LogP contribution in [0, 0.1) is 17.2 Å². The fourth-order valence-corrected chi connectivity index (χ4v) is 3.86. The van der Waals surface area contributed by atoms with E-state index in [0.717, 1.165) is 50.4 Å². The van der Waals surface area contributed by atoms with Crippen molar-refractivity contribution in [3.05, 3.63) is 45.9 Å². The molecule has 5 heteroatoms. The summed E-state index contributed by atoms with van der Waals surface area (Å²) in [6.45, 7) is 9.35. The summed E-state index contributed by atoms with van der Waals surface area (Å²) >= 11 is 1.72. The van der Waals surface area contributed by atoms with E-state index in [1.807, 2.05) is 17.6 Å². The second-order valence-electron chi connectivity index (χ2n) is 6.75. The van der Waals surface area contributed by atoms with Crippen molar-refractivity contribution in [2.45, 2.75) is 26.8 Å². The molecule has 1 aromatic carbocycles. The second kappa shape index (κ2) is 7.78. The predicted molar refractivity (Wildman–Crippen MR) is 99.3 cm³/mol. The first kappa shape index (κ1) is 16.9. The molecule has 0 atom stereocenters. The van der Waals surface area contributed by atoms with Gasteiger partial charge in [-0.15, -0.1) is 11.3 Å². The van der Waals surface area contributed by atoms with E-state index in [-0.39, 0.29) is 0 Å². The lowest BCUT2D eigenvalue weighted by Gasteiger charge is -2.36. The predicted octanol–water partition coefficient (Wildman–Crippen LogP) is 3.54. The summed E-state index contributed by atoms with van der Waals surface area (Å²) in [7, 11) is 0. The average molecular weight is 340 g/mol. The molecule has 24 heavy (non-hydrogen) atoms. The molecule has 1 aliphatic rings. The molecule has 126 valence electrons. The van der Waals surface area contributed by atoms with Gasteiger partial charge in [0.2, 0.25) is 0 Å². The molecule has 2 heterocycles. The third-order valence-corrected chi connectivity index (χ3v) is 5.15. The number of nitriles is 1. The van der Waals surface area contributed by atoms with E-state index in [0.29, 0.717) is 5.92 Å². The molecule has 1 aliphatic heterocycles. The second-order valence-corrected chi connectivity index (χ2v) is 7.73. The molecule has 4 nitrogen and oxygen atoms in total. The smallest absolute Gasteiger partial charge is 0.107 e. The van der Waals surface area contributed by atoms with Crippen LogP contribution in [0.3, 0.4) is 0 Å². The molecule has 0 amide bonds. The van der Waals surface area contributed by atoms with Gasteiger partial charge in [0.1, 0.15) is 11.1 Å². The third kappa shape index (κ3) is 4.14. The average Bonchev–Trinajstić information content (AvgIpc) is 3.08. The van der Waals surface area contributed by atoms with Crippen LogP contribution in [0.15, 0.2) is 29.8 Å². The highest BCUT2D eigenvalue weighted by Crippen LogP contribution is 2.25. The summed E-state index contributed by atoms with van der Waals surface area (Å²) in [5.41, 5.74) is 3.21. The molecule has 0 N–H and O–H groups in total. The lowest BCUT2D eigenvalue weighted by atomic mass is 10.00. The topological polar surface area (TPSA) is 43.2 Å². The Hall–Kier alpha value is -1.90. The van der Waals surface area contributed by atoms with Crippen LogP contribution in [0.25, 0.3) is 0 Å². The largest absolute Gasteiger partial charge is 0.368 e. The van der Waals surface area contributed by atoms with Gasteiger partial charge in [-0.2, -0.15) is 5.26 Å². The van der Waals surface area contributed by atoms with Gasteiger partial charge in [-0.1, -0.05) is 19.9 Å². The quantitative estimate of drug-likeness (QED) is 0.835. The first-order chi connectivity index (χ1) is 11.7. The molecular formula is C19H24N4S. The molecule has 0 aliphatic carbocycles. The Morgan fingerprint density at radius 3 is 2.67 bits per heavy atom. The van der Waals surface area contributed by atoms with Crippen molar-refractivity contribution in [3.63, 3.8) is 0 Å². The van der Waals surface area contributed by atoms with Crippen molar-refractivity contribution in [1.82, 2.24) is 9.88 Å². The zero-order chi connectivity index (χ0) is 16.9. The number of rotatable bonds is 5. The standard InChI is InChI=1S/C19H24N4S/c1-15(2)11-16-3-4-17(13-20)18(12-16)23-8-6-22(7-9-23)14-19-21-5-10-24-19/h3-5,10,12,15H,6-9,11,14H2,1-2H3. The fourth-order valence-electron chi connectivity index (χ4n) is 3.20. The van der Waals surface area contributed by atoms with Crippen LogP contribution < -0.4 is 4.90 Å². The first-order valence-electron chi connectivity index (χ1n) is 8.54. The van der Waals surface area contributed by atoms with Crippen molar-refractivity contribution in [3.8, 4) is 6.07 Å². The Bertz CT molecular complexity index is 695. The van der Waals surface area contributed by atoms with Crippen LogP contribution in [0.5, 0.6) is 0 Å². The van der Waals surface area contributed by atoms with Crippen molar-refractivity contribution in [1.29, 1.82) is 5.26 Å². The number of anilines is 1. The maximum Gasteiger partial charge on any atom is 0.107 e. The molecule has 1 aromatic heterocycles. The number of nitrogens with zero attached hydrogens (tertiary/aromatic N) is 4. The third-order valence-electron chi connectivity index (χ3n) is 4.38. The maximum absolute atomic E-state index is 9.45. The lowest BCUT2D eigenvalue weighted by molar-refractivity contribution is 0.249.